The summed E-state index contributed by atoms with van der Waals surface area (Å²) in [6.07, 6.45) is 1.62. The van der Waals surface area contributed by atoms with Crippen molar-refractivity contribution in [1.82, 2.24) is 4.98 Å². The first-order valence-corrected chi connectivity index (χ1v) is 3.93. The molecular formula is C7H7Cl2NO. The summed E-state index contributed by atoms with van der Waals surface area (Å²) in [5.74, 6) is 0.977. The van der Waals surface area contributed by atoms with Crippen LogP contribution >= 0.6 is 23.2 Å². The van der Waals surface area contributed by atoms with E-state index in [9.17, 15) is 0 Å². The Bertz CT molecular complexity index is 252. The van der Waals surface area contributed by atoms with Gasteiger partial charge in [-0.05, 0) is 11.6 Å². The molecule has 0 bridgehead atoms. The van der Waals surface area contributed by atoms with E-state index in [0.717, 1.165) is 5.56 Å². The SMILES string of the molecule is COc1cc(CCl)cnc1Cl. The Labute approximate surface area is 75.1 Å². The molecule has 0 radical (unpaired) electrons. The summed E-state index contributed by atoms with van der Waals surface area (Å²) >= 11 is 11.2. The third-order valence-corrected chi connectivity index (χ3v) is 1.83. The normalized spacial score (nSPS) is 9.73. The topological polar surface area (TPSA) is 22.1 Å². The molecule has 0 saturated carbocycles. The number of methoxy groups -OCH3 is 1. The van der Waals surface area contributed by atoms with E-state index in [1.807, 2.05) is 0 Å². The van der Waals surface area contributed by atoms with Crippen molar-refractivity contribution in [1.29, 1.82) is 0 Å². The molecule has 0 aliphatic carbocycles. The summed E-state index contributed by atoms with van der Waals surface area (Å²) in [5.41, 5.74) is 0.896. The van der Waals surface area contributed by atoms with E-state index in [4.69, 9.17) is 27.9 Å². The van der Waals surface area contributed by atoms with E-state index in [-0.39, 0.29) is 0 Å². The van der Waals surface area contributed by atoms with Crippen molar-refractivity contribution in [2.75, 3.05) is 7.11 Å². The van der Waals surface area contributed by atoms with Crippen LogP contribution < -0.4 is 4.74 Å². The molecule has 1 aromatic heterocycles. The molecule has 60 valence electrons. The number of aromatic nitrogens is 1. The fourth-order valence-electron chi connectivity index (χ4n) is 0.685. The van der Waals surface area contributed by atoms with Crippen LogP contribution in [-0.4, -0.2) is 12.1 Å². The minimum absolute atomic E-state index is 0.362. The molecule has 0 unspecified atom stereocenters. The van der Waals surface area contributed by atoms with Crippen LogP contribution in [0.3, 0.4) is 0 Å². The molecule has 4 heteroatoms. The fourth-order valence-corrected chi connectivity index (χ4v) is 1.01. The van der Waals surface area contributed by atoms with Gasteiger partial charge in [-0.3, -0.25) is 0 Å². The first-order valence-electron chi connectivity index (χ1n) is 3.02. The van der Waals surface area contributed by atoms with Gasteiger partial charge in [-0.15, -0.1) is 11.6 Å². The number of ether oxygens (including phenoxy) is 1. The molecule has 0 saturated heterocycles. The van der Waals surface area contributed by atoms with E-state index < -0.39 is 0 Å². The molecule has 0 fully saturated rings. The number of hydrogen-bond acceptors (Lipinski definition) is 2. The molecule has 0 spiro atoms. The Morgan fingerprint density at radius 1 is 1.64 bits per heavy atom. The Hall–Kier alpha value is -0.470. The highest BCUT2D eigenvalue weighted by atomic mass is 35.5. The Balaban J connectivity index is 3.02. The molecule has 0 amide bonds. The van der Waals surface area contributed by atoms with Crippen LogP contribution in [0.2, 0.25) is 5.15 Å². The van der Waals surface area contributed by atoms with Gasteiger partial charge in [0.25, 0.3) is 0 Å². The minimum Gasteiger partial charge on any atom is -0.494 e. The predicted octanol–water partition coefficient (Wildman–Crippen LogP) is 2.48. The maximum Gasteiger partial charge on any atom is 0.171 e. The first-order chi connectivity index (χ1) is 5.27. The average molecular weight is 192 g/mol. The highest BCUT2D eigenvalue weighted by molar-refractivity contribution is 6.30. The predicted molar refractivity (Wildman–Crippen MR) is 45.4 cm³/mol. The second-order valence-corrected chi connectivity index (χ2v) is 2.60. The Kier molecular flexibility index (Phi) is 2.97. The van der Waals surface area contributed by atoms with Crippen LogP contribution in [0.25, 0.3) is 0 Å². The van der Waals surface area contributed by atoms with Gasteiger partial charge in [0.2, 0.25) is 0 Å². The van der Waals surface area contributed by atoms with Gasteiger partial charge in [-0.25, -0.2) is 4.98 Å². The maximum absolute atomic E-state index is 5.67. The zero-order valence-electron chi connectivity index (χ0n) is 5.97. The minimum atomic E-state index is 0.362. The van der Waals surface area contributed by atoms with Crippen LogP contribution in [0.4, 0.5) is 0 Å². The Morgan fingerprint density at radius 2 is 2.36 bits per heavy atom. The lowest BCUT2D eigenvalue weighted by Gasteiger charge is -2.02. The number of halogens is 2. The van der Waals surface area contributed by atoms with E-state index in [1.54, 1.807) is 19.4 Å². The molecule has 0 aromatic carbocycles. The van der Waals surface area contributed by atoms with Crippen molar-refractivity contribution >= 4 is 23.2 Å². The molecule has 2 nitrogen and oxygen atoms in total. The molecule has 0 atom stereocenters. The second-order valence-electron chi connectivity index (χ2n) is 1.97. The van der Waals surface area contributed by atoms with Crippen LogP contribution in [0.15, 0.2) is 12.3 Å². The molecule has 0 aliphatic heterocycles. The monoisotopic (exact) mass is 191 g/mol. The molecule has 11 heavy (non-hydrogen) atoms. The van der Waals surface area contributed by atoms with Gasteiger partial charge in [0.15, 0.2) is 10.9 Å². The third kappa shape index (κ3) is 1.98. The van der Waals surface area contributed by atoms with Gasteiger partial charge in [0.1, 0.15) is 0 Å². The lowest BCUT2D eigenvalue weighted by atomic mass is 10.3. The van der Waals surface area contributed by atoms with Crippen molar-refractivity contribution in [3.05, 3.63) is 23.0 Å². The van der Waals surface area contributed by atoms with Crippen LogP contribution in [-0.2, 0) is 5.88 Å². The van der Waals surface area contributed by atoms with Crippen LogP contribution in [0.5, 0.6) is 5.75 Å². The number of alkyl halides is 1. The third-order valence-electron chi connectivity index (χ3n) is 1.24. The summed E-state index contributed by atoms with van der Waals surface area (Å²) in [5, 5.41) is 0.362. The van der Waals surface area contributed by atoms with Crippen molar-refractivity contribution in [3.8, 4) is 5.75 Å². The van der Waals surface area contributed by atoms with E-state index in [0.29, 0.717) is 16.8 Å². The second kappa shape index (κ2) is 3.79. The summed E-state index contributed by atoms with van der Waals surface area (Å²) in [6.45, 7) is 0. The van der Waals surface area contributed by atoms with Gasteiger partial charge in [0.05, 0.1) is 7.11 Å². The van der Waals surface area contributed by atoms with Gasteiger partial charge in [-0.1, -0.05) is 11.6 Å². The van der Waals surface area contributed by atoms with Gasteiger partial charge >= 0.3 is 0 Å². The summed E-state index contributed by atoms with van der Waals surface area (Å²) in [7, 11) is 1.54. The van der Waals surface area contributed by atoms with Crippen LogP contribution in [0.1, 0.15) is 5.56 Å². The molecule has 0 N–H and O–H groups in total. The van der Waals surface area contributed by atoms with Crippen molar-refractivity contribution < 1.29 is 4.74 Å². The zero-order chi connectivity index (χ0) is 8.27. The van der Waals surface area contributed by atoms with Crippen molar-refractivity contribution in [2.45, 2.75) is 5.88 Å². The molecule has 0 aliphatic rings. The summed E-state index contributed by atoms with van der Waals surface area (Å²) in [4.78, 5) is 3.88. The lowest BCUT2D eigenvalue weighted by molar-refractivity contribution is 0.412. The van der Waals surface area contributed by atoms with Gasteiger partial charge in [0, 0.05) is 12.1 Å². The van der Waals surface area contributed by atoms with Crippen molar-refractivity contribution in [3.63, 3.8) is 0 Å². The maximum atomic E-state index is 5.67. The quantitative estimate of drug-likeness (QED) is 0.530. The summed E-state index contributed by atoms with van der Waals surface area (Å²) < 4.78 is 4.93. The number of nitrogens with zero attached hydrogens (tertiary/aromatic N) is 1. The highest BCUT2D eigenvalue weighted by Crippen LogP contribution is 2.22. The average Bonchev–Trinajstić information content (AvgIpc) is 2.05. The molecule has 1 heterocycles. The lowest BCUT2D eigenvalue weighted by Crippen LogP contribution is -1.88. The van der Waals surface area contributed by atoms with E-state index in [1.165, 1.54) is 0 Å². The smallest absolute Gasteiger partial charge is 0.171 e. The largest absolute Gasteiger partial charge is 0.494 e. The van der Waals surface area contributed by atoms with E-state index in [2.05, 4.69) is 4.98 Å². The standard InChI is InChI=1S/C7H7Cl2NO/c1-11-6-2-5(3-8)4-10-7(6)9/h2,4H,3H2,1H3. The van der Waals surface area contributed by atoms with Crippen LogP contribution in [0, 0.1) is 0 Å². The molecule has 1 rings (SSSR count). The van der Waals surface area contributed by atoms with Crippen molar-refractivity contribution in [2.24, 2.45) is 0 Å². The highest BCUT2D eigenvalue weighted by Gasteiger charge is 2.01. The number of pyridine rings is 1. The zero-order valence-corrected chi connectivity index (χ0v) is 7.49. The van der Waals surface area contributed by atoms with Gasteiger partial charge < -0.3 is 4.74 Å². The molecule has 1 aromatic rings. The summed E-state index contributed by atoms with van der Waals surface area (Å²) in [6, 6.07) is 1.77. The Morgan fingerprint density at radius 3 is 2.91 bits per heavy atom. The van der Waals surface area contributed by atoms with E-state index >= 15 is 0 Å². The van der Waals surface area contributed by atoms with Gasteiger partial charge in [-0.2, -0.15) is 0 Å². The number of rotatable bonds is 2. The number of hydrogen-bond donors (Lipinski definition) is 0. The first kappa shape index (κ1) is 8.62. The fraction of sp³-hybridized carbons (Fsp3) is 0.286. The molecular weight excluding hydrogens is 185 g/mol.